The van der Waals surface area contributed by atoms with E-state index >= 15 is 0 Å². The van der Waals surface area contributed by atoms with Crippen molar-refractivity contribution in [2.45, 2.75) is 25.7 Å². The van der Waals surface area contributed by atoms with Crippen LogP contribution in [0.25, 0.3) is 0 Å². The van der Waals surface area contributed by atoms with Crippen LogP contribution in [0, 0.1) is 0 Å². The fraction of sp³-hybridized carbons (Fsp3) is 0.875. The molecule has 30 heavy (non-hydrogen) atoms. The van der Waals surface area contributed by atoms with Gasteiger partial charge in [-0.3, -0.25) is 9.13 Å². The predicted molar refractivity (Wildman–Crippen MR) is 109 cm³/mol. The van der Waals surface area contributed by atoms with E-state index in [-0.39, 0.29) is 13.2 Å². The van der Waals surface area contributed by atoms with Crippen LogP contribution >= 0.6 is 15.2 Å². The molecule has 4 heterocycles. The highest BCUT2D eigenvalue weighted by molar-refractivity contribution is 7.58. The molecule has 0 bridgehead atoms. The van der Waals surface area contributed by atoms with Crippen LogP contribution in [0.1, 0.15) is 25.7 Å². The number of amides is 2. The second-order valence-corrected chi connectivity index (χ2v) is 12.7. The summed E-state index contributed by atoms with van der Waals surface area (Å²) < 4.78 is 42.8. The summed E-state index contributed by atoms with van der Waals surface area (Å²) in [6.45, 7) is 6.41. The van der Waals surface area contributed by atoms with Crippen LogP contribution in [0.2, 0.25) is 0 Å². The second kappa shape index (κ2) is 9.14. The zero-order chi connectivity index (χ0) is 21.2. The molecule has 0 unspecified atom stereocenters. The highest BCUT2D eigenvalue weighted by atomic mass is 31.2. The third-order valence-corrected chi connectivity index (χ3v) is 10.8. The van der Waals surface area contributed by atoms with Crippen LogP contribution < -0.4 is 10.2 Å². The molecule has 4 saturated heterocycles. The van der Waals surface area contributed by atoms with Gasteiger partial charge >= 0.3 is 27.4 Å². The summed E-state index contributed by atoms with van der Waals surface area (Å²) in [6, 6.07) is 0. The summed E-state index contributed by atoms with van der Waals surface area (Å²) in [4.78, 5) is 23.8. The third-order valence-electron chi connectivity index (χ3n) is 5.21. The third kappa shape index (κ3) is 5.75. The molecule has 0 aliphatic carbocycles. The number of hydrogen-bond donors (Lipinski definition) is 2. The Bertz CT molecular complexity index is 659. The smallest absolute Gasteiger partial charge is 0.414 e. The van der Waals surface area contributed by atoms with Gasteiger partial charge in [-0.05, 0) is 25.7 Å². The van der Waals surface area contributed by atoms with E-state index in [0.717, 1.165) is 65.2 Å². The van der Waals surface area contributed by atoms with Crippen molar-refractivity contribution in [1.29, 1.82) is 0 Å². The van der Waals surface area contributed by atoms with E-state index < -0.39 is 27.4 Å². The monoisotopic (exact) mass is 464 g/mol. The first-order valence-electron chi connectivity index (χ1n) is 10.5. The largest absolute Gasteiger partial charge is 0.449 e. The molecule has 4 aliphatic heterocycles. The minimum absolute atomic E-state index is 0.252. The van der Waals surface area contributed by atoms with Gasteiger partial charge in [0.1, 0.15) is 0 Å². The van der Waals surface area contributed by atoms with Gasteiger partial charge in [0.05, 0.1) is 13.2 Å². The summed E-state index contributed by atoms with van der Waals surface area (Å²) in [5.74, 6) is 0. The van der Waals surface area contributed by atoms with Gasteiger partial charge in [-0.1, -0.05) is 0 Å². The number of carbonyl (C=O) groups excluding carboxylic acids is 2. The summed E-state index contributed by atoms with van der Waals surface area (Å²) in [7, 11) is -5.87. The molecule has 0 saturated carbocycles. The quantitative estimate of drug-likeness (QED) is 0.235. The summed E-state index contributed by atoms with van der Waals surface area (Å²) >= 11 is 0. The molecular weight excluding hydrogens is 434 g/mol. The number of hydrogen-bond acceptors (Lipinski definition) is 6. The average Bonchev–Trinajstić information content (AvgIpc) is 3.58. The predicted octanol–water partition coefficient (Wildman–Crippen LogP) is 1.48. The van der Waals surface area contributed by atoms with Crippen LogP contribution in [0.5, 0.6) is 0 Å². The Morgan fingerprint density at radius 1 is 0.600 bits per heavy atom. The van der Waals surface area contributed by atoms with Crippen molar-refractivity contribution < 1.29 is 28.2 Å². The van der Waals surface area contributed by atoms with Gasteiger partial charge in [-0.25, -0.2) is 38.4 Å². The second-order valence-electron chi connectivity index (χ2n) is 7.81. The Balaban J connectivity index is 1.01. The minimum Gasteiger partial charge on any atom is -0.449 e. The maximum absolute atomic E-state index is 12.7. The molecule has 4 rings (SSSR count). The standard InChI is InChI=1S/C16H30N6O6P2/c23-15(17-29(25,19-5-6-19)20-7-8-20)27-13-3-1-2-4-14-28-16(24)18-30(26,21-9-10-21)22-11-12-22/h1-14H2,(H,17,23,25)(H,18,24,26). The Kier molecular flexibility index (Phi) is 6.72. The zero-order valence-electron chi connectivity index (χ0n) is 17.0. The first kappa shape index (κ1) is 22.0. The molecule has 14 heteroatoms. The Morgan fingerprint density at radius 2 is 0.900 bits per heavy atom. The number of nitrogens with zero attached hydrogens (tertiary/aromatic N) is 4. The molecule has 0 aromatic carbocycles. The van der Waals surface area contributed by atoms with Crippen molar-refractivity contribution in [1.82, 2.24) is 28.9 Å². The van der Waals surface area contributed by atoms with Crippen molar-refractivity contribution in [3.63, 3.8) is 0 Å². The van der Waals surface area contributed by atoms with E-state index in [1.807, 2.05) is 0 Å². The fourth-order valence-electron chi connectivity index (χ4n) is 3.09. The van der Waals surface area contributed by atoms with E-state index in [2.05, 4.69) is 10.2 Å². The molecule has 0 radical (unpaired) electrons. The van der Waals surface area contributed by atoms with Gasteiger partial charge in [0.15, 0.2) is 0 Å². The lowest BCUT2D eigenvalue weighted by Gasteiger charge is -2.20. The molecule has 2 amide bonds. The SMILES string of the molecule is O=C(NP(=O)(N1CC1)N1CC1)OCCCCCCOC(=O)NP(=O)(N1CC1)N1CC1. The van der Waals surface area contributed by atoms with Gasteiger partial charge in [-0.2, -0.15) is 0 Å². The zero-order valence-corrected chi connectivity index (χ0v) is 18.8. The molecule has 0 aromatic rings. The van der Waals surface area contributed by atoms with Gasteiger partial charge in [0.25, 0.3) is 0 Å². The maximum Gasteiger partial charge on any atom is 0.414 e. The average molecular weight is 464 g/mol. The minimum atomic E-state index is -2.94. The van der Waals surface area contributed by atoms with Crippen molar-refractivity contribution >= 4 is 27.4 Å². The molecule has 2 N–H and O–H groups in total. The lowest BCUT2D eigenvalue weighted by molar-refractivity contribution is 0.143. The van der Waals surface area contributed by atoms with Gasteiger partial charge < -0.3 is 9.47 Å². The normalized spacial score (nSPS) is 21.7. The molecule has 12 nitrogen and oxygen atoms in total. The van der Waals surface area contributed by atoms with E-state index in [0.29, 0.717) is 12.8 Å². The summed E-state index contributed by atoms with van der Waals surface area (Å²) in [5, 5.41) is 5.07. The topological polar surface area (TPSA) is 123 Å². The molecule has 4 aliphatic rings. The fourth-order valence-corrected chi connectivity index (χ4v) is 7.51. The van der Waals surface area contributed by atoms with Crippen molar-refractivity contribution in [3.8, 4) is 0 Å². The van der Waals surface area contributed by atoms with Gasteiger partial charge in [-0.15, -0.1) is 0 Å². The van der Waals surface area contributed by atoms with Crippen molar-refractivity contribution in [3.05, 3.63) is 0 Å². The lowest BCUT2D eigenvalue weighted by Crippen LogP contribution is -2.28. The van der Waals surface area contributed by atoms with E-state index in [9.17, 15) is 18.7 Å². The highest BCUT2D eigenvalue weighted by Crippen LogP contribution is 2.57. The summed E-state index contributed by atoms with van der Waals surface area (Å²) in [6.07, 6.45) is 1.70. The number of unbranched alkanes of at least 4 members (excludes halogenated alkanes) is 3. The highest BCUT2D eigenvalue weighted by Gasteiger charge is 2.50. The molecule has 0 spiro atoms. The van der Waals surface area contributed by atoms with Crippen molar-refractivity contribution in [2.75, 3.05) is 65.6 Å². The van der Waals surface area contributed by atoms with Crippen LogP contribution in [-0.4, -0.2) is 96.4 Å². The number of carbonyl (C=O) groups is 2. The molecule has 0 atom stereocenters. The molecule has 4 fully saturated rings. The van der Waals surface area contributed by atoms with E-state index in [4.69, 9.17) is 9.47 Å². The van der Waals surface area contributed by atoms with E-state index in [1.54, 1.807) is 18.7 Å². The first-order chi connectivity index (χ1) is 14.4. The van der Waals surface area contributed by atoms with Crippen LogP contribution in [0.4, 0.5) is 9.59 Å². The van der Waals surface area contributed by atoms with Crippen LogP contribution in [0.3, 0.4) is 0 Å². The van der Waals surface area contributed by atoms with Crippen LogP contribution in [-0.2, 0) is 18.6 Å². The Hall–Kier alpha value is -1.16. The van der Waals surface area contributed by atoms with Crippen LogP contribution in [0.15, 0.2) is 0 Å². The first-order valence-corrected chi connectivity index (χ1v) is 13.8. The number of rotatable bonds is 13. The van der Waals surface area contributed by atoms with Crippen molar-refractivity contribution in [2.24, 2.45) is 0 Å². The molecule has 0 aromatic heterocycles. The lowest BCUT2D eigenvalue weighted by atomic mass is 10.2. The summed E-state index contributed by atoms with van der Waals surface area (Å²) in [5.41, 5.74) is 0. The maximum atomic E-state index is 12.7. The van der Waals surface area contributed by atoms with Gasteiger partial charge in [0, 0.05) is 52.4 Å². The Labute approximate surface area is 176 Å². The molecular formula is C16H30N6O6P2. The number of nitrogens with one attached hydrogen (secondary N) is 2. The number of ether oxygens (including phenoxy) is 2. The van der Waals surface area contributed by atoms with Gasteiger partial charge in [0.2, 0.25) is 0 Å². The molecule has 170 valence electrons. The van der Waals surface area contributed by atoms with E-state index in [1.165, 1.54) is 0 Å². The Morgan fingerprint density at radius 3 is 1.17 bits per heavy atom.